The Hall–Kier alpha value is -3.01. The smallest absolute Gasteiger partial charge is 0.225 e. The van der Waals surface area contributed by atoms with Crippen LogP contribution in [-0.4, -0.2) is 66.8 Å². The van der Waals surface area contributed by atoms with Crippen molar-refractivity contribution in [3.63, 3.8) is 0 Å². The third-order valence-corrected chi connectivity index (χ3v) is 5.67. The van der Waals surface area contributed by atoms with Gasteiger partial charge < -0.3 is 24.5 Å². The second kappa shape index (κ2) is 8.16. The maximum absolute atomic E-state index is 13.1. The fourth-order valence-corrected chi connectivity index (χ4v) is 4.02. The molecule has 0 aliphatic heterocycles. The first-order chi connectivity index (χ1) is 14.1. The molecule has 29 heavy (non-hydrogen) atoms. The van der Waals surface area contributed by atoms with E-state index in [4.69, 9.17) is 4.74 Å². The predicted octanol–water partition coefficient (Wildman–Crippen LogP) is 1.34. The fourth-order valence-electron chi connectivity index (χ4n) is 4.02. The molecule has 0 unspecified atom stereocenters. The minimum Gasteiger partial charge on any atom is -0.379 e. The Labute approximate surface area is 168 Å². The number of aromatic nitrogens is 6. The maximum Gasteiger partial charge on any atom is 0.225 e. The van der Waals surface area contributed by atoms with E-state index in [1.165, 1.54) is 6.33 Å². The number of carbonyl (C=O) groups excluding carboxylic acids is 1. The number of carbonyl (C=O) groups is 1. The van der Waals surface area contributed by atoms with Gasteiger partial charge in [0, 0.05) is 33.3 Å². The fraction of sp³-hybridized carbons (Fsp3) is 0.526. The van der Waals surface area contributed by atoms with Crippen LogP contribution in [0.2, 0.25) is 0 Å². The lowest BCUT2D eigenvalue weighted by molar-refractivity contribution is -0.137. The number of aromatic amines is 1. The molecule has 0 spiro atoms. The van der Waals surface area contributed by atoms with Gasteiger partial charge in [-0.25, -0.2) is 9.97 Å². The summed E-state index contributed by atoms with van der Waals surface area (Å²) in [5.74, 6) is 1.55. The van der Waals surface area contributed by atoms with E-state index >= 15 is 0 Å². The van der Waals surface area contributed by atoms with E-state index < -0.39 is 0 Å². The zero-order valence-corrected chi connectivity index (χ0v) is 16.9. The van der Waals surface area contributed by atoms with Crippen LogP contribution in [0, 0.1) is 5.92 Å². The Balaban J connectivity index is 1.47. The molecule has 3 aromatic rings. The molecule has 1 aliphatic carbocycles. The van der Waals surface area contributed by atoms with Crippen molar-refractivity contribution < 1.29 is 9.53 Å². The van der Waals surface area contributed by atoms with E-state index in [1.54, 1.807) is 18.3 Å². The second-order valence-electron chi connectivity index (χ2n) is 7.55. The summed E-state index contributed by atoms with van der Waals surface area (Å²) < 4.78 is 7.53. The third kappa shape index (κ3) is 3.93. The molecule has 1 fully saturated rings. The Morgan fingerprint density at radius 3 is 3.03 bits per heavy atom. The molecule has 3 aromatic heterocycles. The summed E-state index contributed by atoms with van der Waals surface area (Å²) in [7, 11) is 5.41. The largest absolute Gasteiger partial charge is 0.379 e. The van der Waals surface area contributed by atoms with Gasteiger partial charge in [-0.1, -0.05) is 0 Å². The van der Waals surface area contributed by atoms with Gasteiger partial charge in [0.15, 0.2) is 5.82 Å². The van der Waals surface area contributed by atoms with Crippen molar-refractivity contribution in [3.8, 4) is 0 Å². The molecule has 154 valence electrons. The number of hydrogen-bond acceptors (Lipinski definition) is 7. The zero-order chi connectivity index (χ0) is 20.4. The predicted molar refractivity (Wildman–Crippen MR) is 107 cm³/mol. The first kappa shape index (κ1) is 19.3. The van der Waals surface area contributed by atoms with Crippen LogP contribution in [0.4, 0.5) is 5.82 Å². The second-order valence-corrected chi connectivity index (χ2v) is 7.55. The van der Waals surface area contributed by atoms with E-state index in [-0.39, 0.29) is 24.0 Å². The van der Waals surface area contributed by atoms with Gasteiger partial charge in [-0.2, -0.15) is 0 Å². The number of nitrogens with zero attached hydrogens (tertiary/aromatic N) is 6. The van der Waals surface area contributed by atoms with E-state index in [0.29, 0.717) is 13.0 Å². The van der Waals surface area contributed by atoms with Crippen molar-refractivity contribution in [1.82, 2.24) is 34.6 Å². The Morgan fingerprint density at radius 1 is 1.41 bits per heavy atom. The number of anilines is 1. The summed E-state index contributed by atoms with van der Waals surface area (Å²) in [6.45, 7) is 0.438. The summed E-state index contributed by atoms with van der Waals surface area (Å²) >= 11 is 0. The normalized spacial score (nSPS) is 22.0. The quantitative estimate of drug-likeness (QED) is 0.644. The Bertz CT molecular complexity index is 983. The topological polar surface area (TPSA) is 114 Å². The van der Waals surface area contributed by atoms with Gasteiger partial charge in [0.05, 0.1) is 24.1 Å². The lowest BCUT2D eigenvalue weighted by atomic mass is 9.82. The van der Waals surface area contributed by atoms with Crippen LogP contribution < -0.4 is 5.32 Å². The number of aryl methyl sites for hydroxylation is 1. The SMILES string of the molecule is CO[C@@H]1CC[C@H](C(=O)N(C)Cc2nncn2C)C[C@H]1Nc1ncnc2[nH]ccc12. The highest BCUT2D eigenvalue weighted by atomic mass is 16.5. The number of amides is 1. The molecule has 3 atom stereocenters. The maximum atomic E-state index is 13.1. The highest BCUT2D eigenvalue weighted by molar-refractivity contribution is 5.86. The van der Waals surface area contributed by atoms with Crippen LogP contribution in [0.1, 0.15) is 25.1 Å². The van der Waals surface area contributed by atoms with E-state index in [2.05, 4.69) is 30.5 Å². The van der Waals surface area contributed by atoms with Crippen LogP contribution in [0.15, 0.2) is 24.9 Å². The zero-order valence-electron chi connectivity index (χ0n) is 16.9. The monoisotopic (exact) mass is 398 g/mol. The van der Waals surface area contributed by atoms with Crippen molar-refractivity contribution in [1.29, 1.82) is 0 Å². The summed E-state index contributed by atoms with van der Waals surface area (Å²) in [6.07, 6.45) is 7.31. The summed E-state index contributed by atoms with van der Waals surface area (Å²) in [4.78, 5) is 26.5. The Kier molecular flexibility index (Phi) is 5.43. The van der Waals surface area contributed by atoms with Gasteiger partial charge >= 0.3 is 0 Å². The molecule has 1 amide bonds. The Morgan fingerprint density at radius 2 is 2.28 bits per heavy atom. The van der Waals surface area contributed by atoms with Gasteiger partial charge in [0.2, 0.25) is 5.91 Å². The lowest BCUT2D eigenvalue weighted by Crippen LogP contribution is -2.45. The van der Waals surface area contributed by atoms with Crippen molar-refractivity contribution in [2.75, 3.05) is 19.5 Å². The number of ether oxygens (including phenoxy) is 1. The molecular weight excluding hydrogens is 372 g/mol. The van der Waals surface area contributed by atoms with Crippen molar-refractivity contribution in [2.24, 2.45) is 13.0 Å². The van der Waals surface area contributed by atoms with Crippen LogP contribution in [0.3, 0.4) is 0 Å². The average molecular weight is 398 g/mol. The van der Waals surface area contributed by atoms with Crippen LogP contribution >= 0.6 is 0 Å². The first-order valence-electron chi connectivity index (χ1n) is 9.72. The molecule has 0 saturated heterocycles. The minimum atomic E-state index is -0.0827. The first-order valence-corrected chi connectivity index (χ1v) is 9.72. The molecule has 0 radical (unpaired) electrons. The van der Waals surface area contributed by atoms with E-state index in [9.17, 15) is 4.79 Å². The number of H-pyrrole nitrogens is 1. The molecule has 1 aliphatic rings. The molecular formula is C19H26N8O2. The molecule has 2 N–H and O–H groups in total. The number of hydrogen-bond donors (Lipinski definition) is 2. The average Bonchev–Trinajstić information content (AvgIpc) is 3.37. The van der Waals surface area contributed by atoms with Crippen molar-refractivity contribution in [2.45, 2.75) is 38.0 Å². The minimum absolute atomic E-state index is 0.0149. The molecule has 4 rings (SSSR count). The van der Waals surface area contributed by atoms with Crippen LogP contribution in [0.25, 0.3) is 11.0 Å². The number of nitrogens with one attached hydrogen (secondary N) is 2. The molecule has 0 aromatic carbocycles. The lowest BCUT2D eigenvalue weighted by Gasteiger charge is -2.36. The van der Waals surface area contributed by atoms with Crippen molar-refractivity contribution in [3.05, 3.63) is 30.7 Å². The highest BCUT2D eigenvalue weighted by Crippen LogP contribution is 2.31. The van der Waals surface area contributed by atoms with Crippen LogP contribution in [0.5, 0.6) is 0 Å². The number of fused-ring (bicyclic) bond motifs is 1. The summed E-state index contributed by atoms with van der Waals surface area (Å²) in [5, 5.41) is 12.4. The van der Waals surface area contributed by atoms with Gasteiger partial charge in [0.25, 0.3) is 0 Å². The highest BCUT2D eigenvalue weighted by Gasteiger charge is 2.35. The standard InChI is InChI=1S/C19H26N8O2/c1-26(9-16-25-23-11-27(16)2)19(28)12-4-5-15(29-3)14(8-12)24-18-13-6-7-20-17(13)21-10-22-18/h6-7,10-12,14-15H,4-5,8-9H2,1-3H3,(H2,20,21,22,24)/t12-,14+,15+/m0/s1. The summed E-state index contributed by atoms with van der Waals surface area (Å²) in [6, 6.07) is 1.93. The number of methoxy groups -OCH3 is 1. The van der Waals surface area contributed by atoms with Gasteiger partial charge in [-0.15, -0.1) is 10.2 Å². The number of rotatable bonds is 6. The molecule has 10 heteroatoms. The summed E-state index contributed by atoms with van der Waals surface area (Å²) in [5.41, 5.74) is 0.781. The molecule has 0 bridgehead atoms. The molecule has 3 heterocycles. The van der Waals surface area contributed by atoms with Crippen molar-refractivity contribution >= 4 is 22.8 Å². The van der Waals surface area contributed by atoms with Gasteiger partial charge in [-0.3, -0.25) is 4.79 Å². The van der Waals surface area contributed by atoms with Gasteiger partial charge in [0.1, 0.15) is 24.1 Å². The van der Waals surface area contributed by atoms with E-state index in [1.807, 2.05) is 30.9 Å². The van der Waals surface area contributed by atoms with Gasteiger partial charge in [-0.05, 0) is 25.3 Å². The molecule has 10 nitrogen and oxygen atoms in total. The van der Waals surface area contributed by atoms with Crippen LogP contribution in [-0.2, 0) is 23.1 Å². The van der Waals surface area contributed by atoms with E-state index in [0.717, 1.165) is 35.5 Å². The third-order valence-electron chi connectivity index (χ3n) is 5.67. The molecule has 1 saturated carbocycles.